The maximum Gasteiger partial charge on any atom is 0.379 e. The van der Waals surface area contributed by atoms with Crippen LogP contribution in [-0.2, 0) is 17.1 Å². The molecule has 15 heavy (non-hydrogen) atoms. The van der Waals surface area contributed by atoms with Crippen LogP contribution in [0, 0.1) is 0 Å². The van der Waals surface area contributed by atoms with Crippen LogP contribution in [-0.4, -0.2) is 17.7 Å². The molecule has 1 heterocycles. The molecule has 0 saturated carbocycles. The van der Waals surface area contributed by atoms with Gasteiger partial charge in [-0.15, -0.1) is 0 Å². The SMILES string of the molecule is O=C(O)C(F)(F)c1cccc2c1OCC2. The molecule has 0 aliphatic carbocycles. The zero-order chi connectivity index (χ0) is 11.1. The summed E-state index contributed by atoms with van der Waals surface area (Å²) in [5.41, 5.74) is 0.0680. The van der Waals surface area contributed by atoms with Gasteiger partial charge in [-0.05, 0) is 11.6 Å². The van der Waals surface area contributed by atoms with E-state index in [-0.39, 0.29) is 5.75 Å². The zero-order valence-corrected chi connectivity index (χ0v) is 7.67. The summed E-state index contributed by atoms with van der Waals surface area (Å²) in [5, 5.41) is 8.42. The van der Waals surface area contributed by atoms with Gasteiger partial charge in [0, 0.05) is 6.42 Å². The Morgan fingerprint density at radius 3 is 2.87 bits per heavy atom. The molecule has 0 spiro atoms. The number of aliphatic carboxylic acids is 1. The number of rotatable bonds is 2. The van der Waals surface area contributed by atoms with E-state index in [4.69, 9.17) is 9.84 Å². The van der Waals surface area contributed by atoms with Crippen molar-refractivity contribution in [2.24, 2.45) is 0 Å². The Kier molecular flexibility index (Phi) is 2.10. The van der Waals surface area contributed by atoms with Gasteiger partial charge in [0.1, 0.15) is 5.75 Å². The Morgan fingerprint density at radius 1 is 1.47 bits per heavy atom. The lowest BCUT2D eigenvalue weighted by Crippen LogP contribution is -2.25. The molecule has 1 aliphatic heterocycles. The van der Waals surface area contributed by atoms with Crippen LogP contribution >= 0.6 is 0 Å². The third-order valence-corrected chi connectivity index (χ3v) is 2.32. The van der Waals surface area contributed by atoms with Crippen molar-refractivity contribution in [2.75, 3.05) is 6.61 Å². The maximum absolute atomic E-state index is 13.3. The number of alkyl halides is 2. The summed E-state index contributed by atoms with van der Waals surface area (Å²) in [5.74, 6) is -6.04. The molecule has 1 aromatic rings. The first-order valence-electron chi connectivity index (χ1n) is 4.40. The van der Waals surface area contributed by atoms with Gasteiger partial charge < -0.3 is 9.84 Å². The molecule has 0 amide bonds. The van der Waals surface area contributed by atoms with Crippen LogP contribution < -0.4 is 4.74 Å². The molecular weight excluding hydrogens is 206 g/mol. The molecule has 3 nitrogen and oxygen atoms in total. The zero-order valence-electron chi connectivity index (χ0n) is 7.67. The number of carboxylic acids is 1. The van der Waals surface area contributed by atoms with Crippen LogP contribution in [0.25, 0.3) is 0 Å². The van der Waals surface area contributed by atoms with Crippen LogP contribution in [0.15, 0.2) is 18.2 Å². The summed E-state index contributed by atoms with van der Waals surface area (Å²) < 4.78 is 31.5. The molecule has 0 saturated heterocycles. The standard InChI is InChI=1S/C10H8F2O3/c11-10(12,9(13)14)7-3-1-2-6-4-5-15-8(6)7/h1-3H,4-5H2,(H,13,14). The van der Waals surface area contributed by atoms with E-state index in [1.165, 1.54) is 6.07 Å². The van der Waals surface area contributed by atoms with E-state index >= 15 is 0 Å². The molecule has 2 rings (SSSR count). The Balaban J connectivity index is 2.54. The van der Waals surface area contributed by atoms with Crippen molar-refractivity contribution < 1.29 is 23.4 Å². The number of para-hydroxylation sites is 1. The highest BCUT2D eigenvalue weighted by Crippen LogP contribution is 2.39. The molecule has 1 aromatic carbocycles. The van der Waals surface area contributed by atoms with Crippen molar-refractivity contribution in [3.63, 3.8) is 0 Å². The second kappa shape index (κ2) is 3.18. The molecule has 5 heteroatoms. The van der Waals surface area contributed by atoms with Gasteiger partial charge in [-0.1, -0.05) is 12.1 Å². The molecule has 0 atom stereocenters. The van der Waals surface area contributed by atoms with E-state index in [1.807, 2.05) is 0 Å². The summed E-state index contributed by atoms with van der Waals surface area (Å²) in [6.07, 6.45) is 0.541. The average Bonchev–Trinajstić information content (AvgIpc) is 2.64. The fourth-order valence-electron chi connectivity index (χ4n) is 1.58. The number of fused-ring (bicyclic) bond motifs is 1. The molecule has 1 N–H and O–H groups in total. The van der Waals surface area contributed by atoms with Gasteiger partial charge in [0.05, 0.1) is 12.2 Å². The minimum Gasteiger partial charge on any atom is -0.492 e. The lowest BCUT2D eigenvalue weighted by atomic mass is 10.0. The molecule has 80 valence electrons. The first kappa shape index (κ1) is 9.89. The highest BCUT2D eigenvalue weighted by molar-refractivity contribution is 5.78. The van der Waals surface area contributed by atoms with Crippen LogP contribution in [0.2, 0.25) is 0 Å². The molecule has 0 aromatic heterocycles. The highest BCUT2D eigenvalue weighted by Gasteiger charge is 2.44. The Morgan fingerprint density at radius 2 is 2.20 bits per heavy atom. The van der Waals surface area contributed by atoms with Crippen molar-refractivity contribution in [2.45, 2.75) is 12.3 Å². The topological polar surface area (TPSA) is 46.5 Å². The lowest BCUT2D eigenvalue weighted by molar-refractivity contribution is -0.166. The molecule has 0 fully saturated rings. The van der Waals surface area contributed by atoms with Gasteiger partial charge in [-0.3, -0.25) is 0 Å². The van der Waals surface area contributed by atoms with Crippen LogP contribution in [0.3, 0.4) is 0 Å². The average molecular weight is 214 g/mol. The molecule has 1 aliphatic rings. The third-order valence-electron chi connectivity index (χ3n) is 2.32. The number of benzene rings is 1. The molecule has 0 unspecified atom stereocenters. The number of hydrogen-bond acceptors (Lipinski definition) is 2. The number of carboxylic acid groups (broad SMARTS) is 1. The van der Waals surface area contributed by atoms with E-state index in [0.29, 0.717) is 18.6 Å². The van der Waals surface area contributed by atoms with E-state index in [1.54, 1.807) is 6.07 Å². The molecule has 0 bridgehead atoms. The van der Waals surface area contributed by atoms with Gasteiger partial charge in [0.2, 0.25) is 0 Å². The number of hydrogen-bond donors (Lipinski definition) is 1. The van der Waals surface area contributed by atoms with Crippen LogP contribution in [0.5, 0.6) is 5.75 Å². The van der Waals surface area contributed by atoms with E-state index in [0.717, 1.165) is 6.07 Å². The first-order chi connectivity index (χ1) is 7.03. The van der Waals surface area contributed by atoms with Gasteiger partial charge >= 0.3 is 11.9 Å². The van der Waals surface area contributed by atoms with Crippen LogP contribution in [0.1, 0.15) is 11.1 Å². The Bertz CT molecular complexity index is 415. The predicted molar refractivity (Wildman–Crippen MR) is 47.2 cm³/mol. The second-order valence-electron chi connectivity index (χ2n) is 3.27. The van der Waals surface area contributed by atoms with Crippen molar-refractivity contribution in [1.82, 2.24) is 0 Å². The smallest absolute Gasteiger partial charge is 0.379 e. The van der Waals surface area contributed by atoms with Crippen molar-refractivity contribution in [3.05, 3.63) is 29.3 Å². The maximum atomic E-state index is 13.3. The minimum absolute atomic E-state index is 0.0184. The van der Waals surface area contributed by atoms with Crippen LogP contribution in [0.4, 0.5) is 8.78 Å². The van der Waals surface area contributed by atoms with E-state index in [9.17, 15) is 13.6 Å². The normalized spacial score (nSPS) is 14.5. The van der Waals surface area contributed by atoms with E-state index < -0.39 is 17.5 Å². The number of halogens is 2. The Hall–Kier alpha value is -1.65. The van der Waals surface area contributed by atoms with Crippen molar-refractivity contribution >= 4 is 5.97 Å². The lowest BCUT2D eigenvalue weighted by Gasteiger charge is -2.14. The van der Waals surface area contributed by atoms with Gasteiger partial charge in [-0.2, -0.15) is 8.78 Å². The summed E-state index contributed by atoms with van der Waals surface area (Å²) in [4.78, 5) is 10.4. The Labute approximate surface area is 84.3 Å². The number of carbonyl (C=O) groups is 1. The first-order valence-corrected chi connectivity index (χ1v) is 4.40. The third kappa shape index (κ3) is 1.44. The van der Waals surface area contributed by atoms with Crippen molar-refractivity contribution in [1.29, 1.82) is 0 Å². The number of ether oxygens (including phenoxy) is 1. The monoisotopic (exact) mass is 214 g/mol. The minimum atomic E-state index is -3.89. The largest absolute Gasteiger partial charge is 0.492 e. The van der Waals surface area contributed by atoms with Gasteiger partial charge in [-0.25, -0.2) is 4.79 Å². The second-order valence-corrected chi connectivity index (χ2v) is 3.27. The quantitative estimate of drug-likeness (QED) is 0.816. The van der Waals surface area contributed by atoms with Gasteiger partial charge in [0.15, 0.2) is 0 Å². The summed E-state index contributed by atoms with van der Waals surface area (Å²) in [7, 11) is 0. The summed E-state index contributed by atoms with van der Waals surface area (Å²) >= 11 is 0. The summed E-state index contributed by atoms with van der Waals surface area (Å²) in [6.45, 7) is 0.321. The van der Waals surface area contributed by atoms with Crippen molar-refractivity contribution in [3.8, 4) is 5.75 Å². The predicted octanol–water partition coefficient (Wildman–Crippen LogP) is 1.80. The fourth-order valence-corrected chi connectivity index (χ4v) is 1.58. The highest BCUT2D eigenvalue weighted by atomic mass is 19.3. The molecular formula is C10H8F2O3. The van der Waals surface area contributed by atoms with Gasteiger partial charge in [0.25, 0.3) is 0 Å². The molecule has 0 radical (unpaired) electrons. The summed E-state index contributed by atoms with van der Waals surface area (Å²) in [6, 6.07) is 4.15. The van der Waals surface area contributed by atoms with E-state index in [2.05, 4.69) is 0 Å². The fraction of sp³-hybridized carbons (Fsp3) is 0.300.